The van der Waals surface area contributed by atoms with E-state index in [-0.39, 0.29) is 17.9 Å². The van der Waals surface area contributed by atoms with Gasteiger partial charge in [-0.05, 0) is 36.8 Å². The van der Waals surface area contributed by atoms with Crippen LogP contribution in [0.4, 0.5) is 0 Å². The van der Waals surface area contributed by atoms with Gasteiger partial charge in [-0.1, -0.05) is 26.0 Å². The molecule has 28 heavy (non-hydrogen) atoms. The minimum Gasteiger partial charge on any atom is -0.337 e. The number of aromatic nitrogens is 3. The summed E-state index contributed by atoms with van der Waals surface area (Å²) in [5.41, 5.74) is 1.52. The molecule has 2 fully saturated rings. The number of carbonyl (C=O) groups excluding carboxylic acids is 2. The first-order chi connectivity index (χ1) is 13.5. The molecule has 1 atom stereocenters. The molecule has 2 heterocycles. The SMILES string of the molecule is CC(C)C1CN(C(=O)c2ccc(-c3ncn[nH]3)cc2)CCC(=O)N1CC1CC1. The Labute approximate surface area is 165 Å². The quantitative estimate of drug-likeness (QED) is 0.863. The molecule has 1 saturated heterocycles. The lowest BCUT2D eigenvalue weighted by Crippen LogP contribution is -2.48. The number of nitrogens with zero attached hydrogens (tertiary/aromatic N) is 4. The fraction of sp³-hybridized carbons (Fsp3) is 0.524. The van der Waals surface area contributed by atoms with E-state index in [1.807, 2.05) is 34.1 Å². The Hall–Kier alpha value is -2.70. The Morgan fingerprint density at radius 1 is 1.25 bits per heavy atom. The third-order valence-electron chi connectivity index (χ3n) is 5.75. The van der Waals surface area contributed by atoms with Crippen molar-refractivity contribution in [3.05, 3.63) is 36.2 Å². The Morgan fingerprint density at radius 3 is 2.61 bits per heavy atom. The number of hydrogen-bond donors (Lipinski definition) is 1. The monoisotopic (exact) mass is 381 g/mol. The molecule has 0 radical (unpaired) electrons. The van der Waals surface area contributed by atoms with E-state index in [9.17, 15) is 9.59 Å². The number of aromatic amines is 1. The van der Waals surface area contributed by atoms with Crippen molar-refractivity contribution in [3.63, 3.8) is 0 Å². The number of benzene rings is 1. The maximum atomic E-state index is 13.1. The van der Waals surface area contributed by atoms with E-state index >= 15 is 0 Å². The topological polar surface area (TPSA) is 82.2 Å². The summed E-state index contributed by atoms with van der Waals surface area (Å²) in [5.74, 6) is 1.80. The van der Waals surface area contributed by atoms with Crippen molar-refractivity contribution in [1.82, 2.24) is 25.0 Å². The predicted octanol–water partition coefficient (Wildman–Crippen LogP) is 2.58. The summed E-state index contributed by atoms with van der Waals surface area (Å²) in [5, 5.41) is 6.68. The van der Waals surface area contributed by atoms with Gasteiger partial charge in [-0.15, -0.1) is 0 Å². The maximum Gasteiger partial charge on any atom is 0.253 e. The molecule has 0 bridgehead atoms. The molecule has 148 valence electrons. The van der Waals surface area contributed by atoms with Crippen LogP contribution in [-0.2, 0) is 4.79 Å². The van der Waals surface area contributed by atoms with Crippen molar-refractivity contribution in [2.45, 2.75) is 39.2 Å². The largest absolute Gasteiger partial charge is 0.337 e. The van der Waals surface area contributed by atoms with Crippen LogP contribution in [0.1, 0.15) is 43.5 Å². The lowest BCUT2D eigenvalue weighted by atomic mass is 10.0. The highest BCUT2D eigenvalue weighted by atomic mass is 16.2. The molecule has 2 aromatic rings. The van der Waals surface area contributed by atoms with Crippen LogP contribution in [0.3, 0.4) is 0 Å². The molecule has 2 amide bonds. The fourth-order valence-electron chi connectivity index (χ4n) is 3.84. The Morgan fingerprint density at radius 2 is 2.00 bits per heavy atom. The standard InChI is InChI=1S/C21H27N5O2/c1-14(2)18-12-25(10-9-19(27)26(18)11-15-3-4-15)21(28)17-7-5-16(6-8-17)20-22-13-23-24-20/h5-8,13-15,18H,3-4,9-12H2,1-2H3,(H,22,23,24). The highest BCUT2D eigenvalue weighted by Crippen LogP contribution is 2.32. The summed E-state index contributed by atoms with van der Waals surface area (Å²) in [6.45, 7) is 6.19. The van der Waals surface area contributed by atoms with Crippen LogP contribution in [0.2, 0.25) is 0 Å². The van der Waals surface area contributed by atoms with E-state index in [4.69, 9.17) is 0 Å². The molecule has 7 heteroatoms. The molecule has 1 aliphatic carbocycles. The van der Waals surface area contributed by atoms with E-state index in [1.54, 1.807) is 0 Å². The Bertz CT molecular complexity index is 827. The summed E-state index contributed by atoms with van der Waals surface area (Å²) < 4.78 is 0. The molecule has 1 N–H and O–H groups in total. The predicted molar refractivity (Wildman–Crippen MR) is 105 cm³/mol. The number of nitrogens with one attached hydrogen (secondary N) is 1. The Kier molecular flexibility index (Phi) is 5.15. The summed E-state index contributed by atoms with van der Waals surface area (Å²) in [6.07, 6.45) is 4.30. The van der Waals surface area contributed by atoms with E-state index < -0.39 is 0 Å². The lowest BCUT2D eigenvalue weighted by molar-refractivity contribution is -0.133. The molecule has 0 spiro atoms. The average Bonchev–Trinajstić information content (AvgIpc) is 3.39. The molecule has 2 aliphatic rings. The van der Waals surface area contributed by atoms with E-state index in [1.165, 1.54) is 19.2 Å². The number of rotatable bonds is 5. The van der Waals surface area contributed by atoms with Crippen molar-refractivity contribution in [3.8, 4) is 11.4 Å². The summed E-state index contributed by atoms with van der Waals surface area (Å²) >= 11 is 0. The van der Waals surface area contributed by atoms with Crippen LogP contribution < -0.4 is 0 Å². The zero-order valence-corrected chi connectivity index (χ0v) is 16.5. The van der Waals surface area contributed by atoms with Crippen LogP contribution in [0.25, 0.3) is 11.4 Å². The molecule has 7 nitrogen and oxygen atoms in total. The minimum absolute atomic E-state index is 0.0177. The van der Waals surface area contributed by atoms with Gasteiger partial charge in [0.2, 0.25) is 5.91 Å². The first-order valence-electron chi connectivity index (χ1n) is 10.1. The van der Waals surface area contributed by atoms with E-state index in [0.29, 0.717) is 42.7 Å². The fourth-order valence-corrected chi connectivity index (χ4v) is 3.84. The Balaban J connectivity index is 1.51. The molecule has 4 rings (SSSR count). The highest BCUT2D eigenvalue weighted by Gasteiger charge is 2.36. The smallest absolute Gasteiger partial charge is 0.253 e. The van der Waals surface area contributed by atoms with E-state index in [0.717, 1.165) is 12.1 Å². The van der Waals surface area contributed by atoms with Crippen LogP contribution in [0.15, 0.2) is 30.6 Å². The van der Waals surface area contributed by atoms with Crippen molar-refractivity contribution in [2.75, 3.05) is 19.6 Å². The number of hydrogen-bond acceptors (Lipinski definition) is 4. The van der Waals surface area contributed by atoms with Gasteiger partial charge in [0.1, 0.15) is 6.33 Å². The third-order valence-corrected chi connectivity index (χ3v) is 5.75. The van der Waals surface area contributed by atoms with Crippen LogP contribution in [0.5, 0.6) is 0 Å². The van der Waals surface area contributed by atoms with Crippen LogP contribution in [0, 0.1) is 11.8 Å². The summed E-state index contributed by atoms with van der Waals surface area (Å²) in [6, 6.07) is 7.46. The van der Waals surface area contributed by atoms with Gasteiger partial charge in [0, 0.05) is 37.2 Å². The molecule has 1 aliphatic heterocycles. The second-order valence-corrected chi connectivity index (χ2v) is 8.21. The normalized spacial score (nSPS) is 20.5. The molecule has 1 saturated carbocycles. The van der Waals surface area contributed by atoms with Gasteiger partial charge >= 0.3 is 0 Å². The zero-order chi connectivity index (χ0) is 19.7. The molecule has 1 unspecified atom stereocenters. The van der Waals surface area contributed by atoms with Crippen LogP contribution >= 0.6 is 0 Å². The summed E-state index contributed by atoms with van der Waals surface area (Å²) in [7, 11) is 0. The van der Waals surface area contributed by atoms with Crippen molar-refractivity contribution in [2.24, 2.45) is 11.8 Å². The van der Waals surface area contributed by atoms with E-state index in [2.05, 4.69) is 29.0 Å². The number of carbonyl (C=O) groups is 2. The zero-order valence-electron chi connectivity index (χ0n) is 16.5. The van der Waals surface area contributed by atoms with Gasteiger partial charge in [-0.3, -0.25) is 14.7 Å². The van der Waals surface area contributed by atoms with Gasteiger partial charge < -0.3 is 9.80 Å². The molecule has 1 aromatic heterocycles. The van der Waals surface area contributed by atoms with Crippen LogP contribution in [-0.4, -0.2) is 62.5 Å². The minimum atomic E-state index is -0.0177. The summed E-state index contributed by atoms with van der Waals surface area (Å²) in [4.78, 5) is 33.9. The first-order valence-corrected chi connectivity index (χ1v) is 10.1. The molecule has 1 aromatic carbocycles. The number of amides is 2. The van der Waals surface area contributed by atoms with Crippen molar-refractivity contribution < 1.29 is 9.59 Å². The maximum absolute atomic E-state index is 13.1. The van der Waals surface area contributed by atoms with Gasteiger partial charge in [0.25, 0.3) is 5.91 Å². The van der Waals surface area contributed by atoms with Gasteiger partial charge in [-0.2, -0.15) is 5.10 Å². The molecular weight excluding hydrogens is 354 g/mol. The molecular formula is C21H27N5O2. The second-order valence-electron chi connectivity index (χ2n) is 8.21. The highest BCUT2D eigenvalue weighted by molar-refractivity contribution is 5.95. The van der Waals surface area contributed by atoms with Gasteiger partial charge in [-0.25, -0.2) is 4.98 Å². The van der Waals surface area contributed by atoms with Crippen molar-refractivity contribution >= 4 is 11.8 Å². The second kappa shape index (κ2) is 7.73. The first kappa shape index (κ1) is 18.7. The van der Waals surface area contributed by atoms with Gasteiger partial charge in [0.15, 0.2) is 5.82 Å². The van der Waals surface area contributed by atoms with Gasteiger partial charge in [0.05, 0.1) is 6.04 Å². The third kappa shape index (κ3) is 3.93. The number of H-pyrrole nitrogens is 1. The van der Waals surface area contributed by atoms with Crippen molar-refractivity contribution in [1.29, 1.82) is 0 Å². The average molecular weight is 381 g/mol. The lowest BCUT2D eigenvalue weighted by Gasteiger charge is -2.34.